The molecule has 1 saturated heterocycles. The van der Waals surface area contributed by atoms with E-state index >= 15 is 0 Å². The van der Waals surface area contributed by atoms with E-state index in [0.717, 1.165) is 12.3 Å². The summed E-state index contributed by atoms with van der Waals surface area (Å²) in [6.45, 7) is -0.0735. The lowest BCUT2D eigenvalue weighted by molar-refractivity contribution is -0.141. The van der Waals surface area contributed by atoms with Crippen molar-refractivity contribution < 1.29 is 31.8 Å². The van der Waals surface area contributed by atoms with Crippen LogP contribution in [0.4, 0.5) is 8.78 Å². The number of rotatable bonds is 7. The van der Waals surface area contributed by atoms with Gasteiger partial charge < -0.3 is 14.7 Å². The minimum atomic E-state index is -3.47. The highest BCUT2D eigenvalue weighted by atomic mass is 32.2. The number of carbonyl (C=O) groups is 1. The van der Waals surface area contributed by atoms with Gasteiger partial charge in [0.2, 0.25) is 15.9 Å². The fourth-order valence-electron chi connectivity index (χ4n) is 4.69. The summed E-state index contributed by atoms with van der Waals surface area (Å²) < 4.78 is 59.8. The largest absolute Gasteiger partial charge is 0.387 e. The first-order valence-electron chi connectivity index (χ1n) is 10.6. The fourth-order valence-corrected chi connectivity index (χ4v) is 5.51. The highest BCUT2D eigenvalue weighted by Crippen LogP contribution is 2.36. The van der Waals surface area contributed by atoms with Crippen LogP contribution >= 0.6 is 0 Å². The van der Waals surface area contributed by atoms with Crippen molar-refractivity contribution >= 4 is 15.9 Å². The molecule has 10 heteroatoms. The van der Waals surface area contributed by atoms with Crippen LogP contribution < -0.4 is 4.72 Å². The molecule has 1 aromatic rings. The molecule has 2 N–H and O–H groups in total. The van der Waals surface area contributed by atoms with Gasteiger partial charge in [-0.2, -0.15) is 0 Å². The maximum Gasteiger partial charge on any atom is 0.248 e. The van der Waals surface area contributed by atoms with Crippen molar-refractivity contribution in [2.75, 3.05) is 26.0 Å². The Morgan fingerprint density at radius 3 is 2.58 bits per heavy atom. The molecule has 0 radical (unpaired) electrons. The van der Waals surface area contributed by atoms with Gasteiger partial charge in [-0.25, -0.2) is 21.9 Å². The molecular formula is C21H30F2N2O5S. The molecule has 1 aromatic carbocycles. The van der Waals surface area contributed by atoms with Gasteiger partial charge in [-0.05, 0) is 56.1 Å². The number of sulfonamides is 1. The van der Waals surface area contributed by atoms with Crippen LogP contribution in [0.25, 0.3) is 0 Å². The average molecular weight is 461 g/mol. The maximum atomic E-state index is 14.1. The van der Waals surface area contributed by atoms with E-state index in [1.807, 2.05) is 0 Å². The number of halogens is 2. The molecule has 2 atom stereocenters. The Kier molecular flexibility index (Phi) is 8.01. The molecule has 31 heavy (non-hydrogen) atoms. The molecule has 0 unspecified atom stereocenters. The first-order valence-corrected chi connectivity index (χ1v) is 12.5. The first-order chi connectivity index (χ1) is 14.7. The normalized spacial score (nSPS) is 27.3. The highest BCUT2D eigenvalue weighted by Gasteiger charge is 2.36. The number of likely N-dealkylation sites (tertiary alicyclic amines) is 1. The van der Waals surface area contributed by atoms with E-state index in [-0.39, 0.29) is 18.6 Å². The Morgan fingerprint density at radius 1 is 1.23 bits per heavy atom. The van der Waals surface area contributed by atoms with Crippen LogP contribution in [0.2, 0.25) is 0 Å². The van der Waals surface area contributed by atoms with Gasteiger partial charge in [0.05, 0.1) is 25.0 Å². The van der Waals surface area contributed by atoms with Crippen LogP contribution in [-0.2, 0) is 19.6 Å². The minimum absolute atomic E-state index is 0.0719. The summed E-state index contributed by atoms with van der Waals surface area (Å²) in [5.41, 5.74) is 0.392. The van der Waals surface area contributed by atoms with E-state index in [1.165, 1.54) is 11.0 Å². The van der Waals surface area contributed by atoms with E-state index in [0.29, 0.717) is 50.6 Å². The smallest absolute Gasteiger partial charge is 0.248 e. The van der Waals surface area contributed by atoms with Crippen molar-refractivity contribution in [3.05, 3.63) is 35.4 Å². The minimum Gasteiger partial charge on any atom is -0.387 e. The van der Waals surface area contributed by atoms with Crippen LogP contribution in [0.3, 0.4) is 0 Å². The van der Waals surface area contributed by atoms with Crippen molar-refractivity contribution in [1.29, 1.82) is 0 Å². The second-order valence-corrected chi connectivity index (χ2v) is 10.2. The van der Waals surface area contributed by atoms with Crippen LogP contribution in [0, 0.1) is 11.6 Å². The molecule has 1 aliphatic heterocycles. The molecule has 3 rings (SSSR count). The highest BCUT2D eigenvalue weighted by molar-refractivity contribution is 7.88. The summed E-state index contributed by atoms with van der Waals surface area (Å²) in [5, 5.41) is 9.29. The molecule has 174 valence electrons. The van der Waals surface area contributed by atoms with E-state index in [2.05, 4.69) is 4.72 Å². The lowest BCUT2D eigenvalue weighted by Gasteiger charge is -2.42. The SMILES string of the molecule is CS(=O)(=O)N[C@H]1CCCN(C(=O)CO)[C@H]1CO[C@H]1CC[C@@H](c2cccc(F)c2F)CC1. The number of aliphatic hydroxyl groups is 1. The summed E-state index contributed by atoms with van der Waals surface area (Å²) in [6.07, 6.45) is 4.78. The van der Waals surface area contributed by atoms with Gasteiger partial charge in [0.1, 0.15) is 6.61 Å². The molecule has 0 spiro atoms. The monoisotopic (exact) mass is 460 g/mol. The summed E-state index contributed by atoms with van der Waals surface area (Å²) in [6, 6.07) is 3.24. The van der Waals surface area contributed by atoms with Crippen molar-refractivity contribution in [3.63, 3.8) is 0 Å². The number of benzene rings is 1. The maximum absolute atomic E-state index is 14.1. The van der Waals surface area contributed by atoms with Gasteiger partial charge in [0.25, 0.3) is 0 Å². The van der Waals surface area contributed by atoms with Gasteiger partial charge >= 0.3 is 0 Å². The summed E-state index contributed by atoms with van der Waals surface area (Å²) in [5.74, 6) is -2.16. The van der Waals surface area contributed by atoms with Gasteiger partial charge in [0.15, 0.2) is 11.6 Å². The number of nitrogens with one attached hydrogen (secondary N) is 1. The fraction of sp³-hybridized carbons (Fsp3) is 0.667. The third-order valence-corrected chi connectivity index (χ3v) is 6.93. The van der Waals surface area contributed by atoms with Crippen LogP contribution in [-0.4, -0.2) is 68.5 Å². The predicted molar refractivity (Wildman–Crippen MR) is 111 cm³/mol. The molecule has 1 aliphatic carbocycles. The van der Waals surface area contributed by atoms with Crippen molar-refractivity contribution in [2.45, 2.75) is 62.6 Å². The van der Waals surface area contributed by atoms with Crippen molar-refractivity contribution in [1.82, 2.24) is 9.62 Å². The summed E-state index contributed by atoms with van der Waals surface area (Å²) in [4.78, 5) is 13.7. The Hall–Kier alpha value is -1.62. The Morgan fingerprint density at radius 2 is 1.94 bits per heavy atom. The van der Waals surface area contributed by atoms with E-state index < -0.39 is 46.3 Å². The standard InChI is InChI=1S/C21H30F2N2O5S/c1-31(28,29)24-18-6-3-11-25(20(27)12-26)19(18)13-30-15-9-7-14(8-10-15)16-4-2-5-17(22)21(16)23/h2,4-5,14-15,18-19,24,26H,3,6-13H2,1H3/t14-,15+,18-,19-/m0/s1. The molecule has 1 saturated carbocycles. The molecule has 2 fully saturated rings. The number of piperidine rings is 1. The summed E-state index contributed by atoms with van der Waals surface area (Å²) in [7, 11) is -3.47. The lowest BCUT2D eigenvalue weighted by atomic mass is 9.82. The third-order valence-electron chi connectivity index (χ3n) is 6.20. The number of carbonyl (C=O) groups excluding carboxylic acids is 1. The zero-order valence-corrected chi connectivity index (χ0v) is 18.4. The lowest BCUT2D eigenvalue weighted by Crippen LogP contribution is -2.59. The third kappa shape index (κ3) is 6.21. The van der Waals surface area contributed by atoms with E-state index in [9.17, 15) is 27.1 Å². The Balaban J connectivity index is 1.61. The first kappa shape index (κ1) is 24.0. The second kappa shape index (κ2) is 10.3. The quantitative estimate of drug-likeness (QED) is 0.648. The molecule has 0 aromatic heterocycles. The number of hydrogen-bond donors (Lipinski definition) is 2. The molecule has 2 aliphatic rings. The van der Waals surface area contributed by atoms with Gasteiger partial charge in [0, 0.05) is 12.6 Å². The molecule has 1 heterocycles. The van der Waals surface area contributed by atoms with E-state index in [1.54, 1.807) is 6.07 Å². The molecule has 1 amide bonds. The van der Waals surface area contributed by atoms with E-state index in [4.69, 9.17) is 4.74 Å². The number of ether oxygens (including phenoxy) is 1. The van der Waals surface area contributed by atoms with Crippen LogP contribution in [0.15, 0.2) is 18.2 Å². The van der Waals surface area contributed by atoms with Crippen LogP contribution in [0.5, 0.6) is 0 Å². The molecule has 0 bridgehead atoms. The zero-order chi connectivity index (χ0) is 22.6. The van der Waals surface area contributed by atoms with Crippen molar-refractivity contribution in [3.8, 4) is 0 Å². The number of nitrogens with zero attached hydrogens (tertiary/aromatic N) is 1. The number of amides is 1. The predicted octanol–water partition coefficient (Wildman–Crippen LogP) is 1.91. The summed E-state index contributed by atoms with van der Waals surface area (Å²) >= 11 is 0. The van der Waals surface area contributed by atoms with Gasteiger partial charge in [-0.1, -0.05) is 12.1 Å². The molecular weight excluding hydrogens is 430 g/mol. The van der Waals surface area contributed by atoms with Gasteiger partial charge in [-0.15, -0.1) is 0 Å². The Labute approximate surface area is 181 Å². The average Bonchev–Trinajstić information content (AvgIpc) is 2.73. The zero-order valence-electron chi connectivity index (χ0n) is 17.6. The topological polar surface area (TPSA) is 95.9 Å². The second-order valence-electron chi connectivity index (χ2n) is 8.40. The number of aliphatic hydroxyl groups excluding tert-OH is 1. The Bertz CT molecular complexity index is 875. The molecule has 7 nitrogen and oxygen atoms in total. The number of hydrogen-bond acceptors (Lipinski definition) is 5. The van der Waals surface area contributed by atoms with Gasteiger partial charge in [-0.3, -0.25) is 4.79 Å². The van der Waals surface area contributed by atoms with Crippen LogP contribution in [0.1, 0.15) is 50.0 Å². The van der Waals surface area contributed by atoms with Crippen molar-refractivity contribution in [2.24, 2.45) is 0 Å².